The van der Waals surface area contributed by atoms with Crippen molar-refractivity contribution in [2.45, 2.75) is 56.2 Å². The van der Waals surface area contributed by atoms with E-state index in [9.17, 15) is 5.11 Å². The van der Waals surface area contributed by atoms with E-state index in [0.717, 1.165) is 32.2 Å². The minimum Gasteiger partial charge on any atom is -0.388 e. The highest BCUT2D eigenvalue weighted by Gasteiger charge is 2.42. The molecular formula is C10H20N2O. The summed E-state index contributed by atoms with van der Waals surface area (Å²) >= 11 is 0. The molecule has 0 aromatic heterocycles. The monoisotopic (exact) mass is 184 g/mol. The van der Waals surface area contributed by atoms with Gasteiger partial charge in [0.2, 0.25) is 0 Å². The molecule has 1 heterocycles. The second kappa shape index (κ2) is 3.56. The molecule has 13 heavy (non-hydrogen) atoms. The van der Waals surface area contributed by atoms with E-state index < -0.39 is 5.60 Å². The van der Waals surface area contributed by atoms with E-state index in [-0.39, 0.29) is 6.04 Å². The van der Waals surface area contributed by atoms with Crippen LogP contribution >= 0.6 is 0 Å². The average molecular weight is 184 g/mol. The Kier molecular flexibility index (Phi) is 2.58. The molecule has 1 saturated carbocycles. The molecule has 4 N–H and O–H groups in total. The Labute approximate surface area is 79.7 Å². The standard InChI is InChI=1S/C10H20N2O/c11-8-4-5-10(13,7-8)9-3-1-2-6-12-9/h8-9,12-13H,1-7,11H2. The van der Waals surface area contributed by atoms with Gasteiger partial charge < -0.3 is 16.2 Å². The predicted molar refractivity (Wildman–Crippen MR) is 52.4 cm³/mol. The summed E-state index contributed by atoms with van der Waals surface area (Å²) in [6.07, 6.45) is 6.25. The minimum atomic E-state index is -0.500. The van der Waals surface area contributed by atoms with E-state index in [1.54, 1.807) is 0 Å². The Bertz CT molecular complexity index is 180. The molecule has 0 aromatic carbocycles. The van der Waals surface area contributed by atoms with Crippen molar-refractivity contribution in [1.82, 2.24) is 5.32 Å². The first kappa shape index (κ1) is 9.44. The first-order valence-electron chi connectivity index (χ1n) is 5.42. The van der Waals surface area contributed by atoms with E-state index in [2.05, 4.69) is 5.32 Å². The van der Waals surface area contributed by atoms with Crippen LogP contribution in [0.15, 0.2) is 0 Å². The van der Waals surface area contributed by atoms with Crippen molar-refractivity contribution >= 4 is 0 Å². The van der Waals surface area contributed by atoms with Gasteiger partial charge in [-0.3, -0.25) is 0 Å². The summed E-state index contributed by atoms with van der Waals surface area (Å²) in [5.74, 6) is 0. The summed E-state index contributed by atoms with van der Waals surface area (Å²) < 4.78 is 0. The maximum atomic E-state index is 10.3. The van der Waals surface area contributed by atoms with Crippen molar-refractivity contribution in [1.29, 1.82) is 0 Å². The molecule has 0 bridgehead atoms. The van der Waals surface area contributed by atoms with Crippen LogP contribution in [0, 0.1) is 0 Å². The van der Waals surface area contributed by atoms with Crippen LogP contribution < -0.4 is 11.1 Å². The minimum absolute atomic E-state index is 0.216. The molecule has 0 aromatic rings. The van der Waals surface area contributed by atoms with Gasteiger partial charge in [-0.1, -0.05) is 6.42 Å². The van der Waals surface area contributed by atoms with Gasteiger partial charge in [-0.15, -0.1) is 0 Å². The number of nitrogens with one attached hydrogen (secondary N) is 1. The van der Waals surface area contributed by atoms with Crippen LogP contribution in [0.2, 0.25) is 0 Å². The molecule has 0 spiro atoms. The molecule has 2 fully saturated rings. The van der Waals surface area contributed by atoms with Gasteiger partial charge in [0.25, 0.3) is 0 Å². The Morgan fingerprint density at radius 3 is 2.69 bits per heavy atom. The van der Waals surface area contributed by atoms with E-state index >= 15 is 0 Å². The number of hydrogen-bond donors (Lipinski definition) is 3. The maximum absolute atomic E-state index is 10.3. The van der Waals surface area contributed by atoms with Crippen molar-refractivity contribution in [2.24, 2.45) is 5.73 Å². The molecule has 1 saturated heterocycles. The first-order chi connectivity index (χ1) is 6.21. The summed E-state index contributed by atoms with van der Waals surface area (Å²) in [5.41, 5.74) is 5.33. The van der Waals surface area contributed by atoms with Crippen LogP contribution in [-0.4, -0.2) is 29.3 Å². The second-order valence-electron chi connectivity index (χ2n) is 4.61. The number of piperidine rings is 1. The van der Waals surface area contributed by atoms with Crippen molar-refractivity contribution in [3.05, 3.63) is 0 Å². The molecular weight excluding hydrogens is 164 g/mol. The van der Waals surface area contributed by atoms with Crippen LogP contribution in [0.3, 0.4) is 0 Å². The van der Waals surface area contributed by atoms with Gasteiger partial charge in [0.1, 0.15) is 0 Å². The fourth-order valence-corrected chi connectivity index (χ4v) is 2.72. The number of aliphatic hydroxyl groups is 1. The number of rotatable bonds is 1. The van der Waals surface area contributed by atoms with Crippen molar-refractivity contribution < 1.29 is 5.11 Å². The number of hydrogen-bond acceptors (Lipinski definition) is 3. The summed E-state index contributed by atoms with van der Waals surface area (Å²) in [4.78, 5) is 0. The highest BCUT2D eigenvalue weighted by atomic mass is 16.3. The smallest absolute Gasteiger partial charge is 0.0815 e. The Balaban J connectivity index is 1.97. The summed E-state index contributed by atoms with van der Waals surface area (Å²) in [7, 11) is 0. The summed E-state index contributed by atoms with van der Waals surface area (Å²) in [5, 5.41) is 13.8. The van der Waals surface area contributed by atoms with Gasteiger partial charge >= 0.3 is 0 Å². The quantitative estimate of drug-likeness (QED) is 0.552. The Morgan fingerprint density at radius 2 is 2.15 bits per heavy atom. The summed E-state index contributed by atoms with van der Waals surface area (Å²) in [6.45, 7) is 1.06. The van der Waals surface area contributed by atoms with E-state index in [1.165, 1.54) is 12.8 Å². The SMILES string of the molecule is NC1CCC(O)(C2CCCCN2)C1. The molecule has 2 rings (SSSR count). The Morgan fingerprint density at radius 1 is 1.31 bits per heavy atom. The van der Waals surface area contributed by atoms with Gasteiger partial charge in [-0.2, -0.15) is 0 Å². The third kappa shape index (κ3) is 1.87. The van der Waals surface area contributed by atoms with E-state index in [4.69, 9.17) is 5.73 Å². The lowest BCUT2D eigenvalue weighted by atomic mass is 9.86. The molecule has 0 radical (unpaired) electrons. The van der Waals surface area contributed by atoms with Crippen LogP contribution in [0.4, 0.5) is 0 Å². The van der Waals surface area contributed by atoms with Gasteiger partial charge in [0, 0.05) is 12.1 Å². The average Bonchev–Trinajstić information content (AvgIpc) is 2.49. The van der Waals surface area contributed by atoms with E-state index in [1.807, 2.05) is 0 Å². The lowest BCUT2D eigenvalue weighted by Gasteiger charge is -2.36. The number of nitrogens with two attached hydrogens (primary N) is 1. The zero-order valence-electron chi connectivity index (χ0n) is 8.13. The van der Waals surface area contributed by atoms with Gasteiger partial charge in [0.05, 0.1) is 5.60 Å². The van der Waals surface area contributed by atoms with E-state index in [0.29, 0.717) is 6.04 Å². The molecule has 76 valence electrons. The van der Waals surface area contributed by atoms with Crippen molar-refractivity contribution in [2.75, 3.05) is 6.54 Å². The molecule has 3 nitrogen and oxygen atoms in total. The molecule has 1 aliphatic heterocycles. The fourth-order valence-electron chi connectivity index (χ4n) is 2.72. The highest BCUT2D eigenvalue weighted by Crippen LogP contribution is 2.34. The van der Waals surface area contributed by atoms with Crippen LogP contribution in [-0.2, 0) is 0 Å². The third-order valence-corrected chi connectivity index (χ3v) is 3.52. The predicted octanol–water partition coefficient (Wildman–Crippen LogP) is 0.371. The van der Waals surface area contributed by atoms with Gasteiger partial charge in [0.15, 0.2) is 0 Å². The zero-order chi connectivity index (χ0) is 9.31. The molecule has 2 aliphatic rings. The van der Waals surface area contributed by atoms with Gasteiger partial charge in [-0.25, -0.2) is 0 Å². The van der Waals surface area contributed by atoms with Crippen LogP contribution in [0.1, 0.15) is 38.5 Å². The summed E-state index contributed by atoms with van der Waals surface area (Å²) in [6, 6.07) is 0.517. The molecule has 3 unspecified atom stereocenters. The van der Waals surface area contributed by atoms with Crippen molar-refractivity contribution in [3.63, 3.8) is 0 Å². The first-order valence-corrected chi connectivity index (χ1v) is 5.42. The van der Waals surface area contributed by atoms with Gasteiger partial charge in [-0.05, 0) is 38.6 Å². The fraction of sp³-hybridized carbons (Fsp3) is 1.00. The normalized spacial score (nSPS) is 46.6. The molecule has 0 amide bonds. The van der Waals surface area contributed by atoms with Crippen LogP contribution in [0.25, 0.3) is 0 Å². The molecule has 3 atom stereocenters. The largest absolute Gasteiger partial charge is 0.388 e. The second-order valence-corrected chi connectivity index (χ2v) is 4.61. The topological polar surface area (TPSA) is 58.3 Å². The van der Waals surface area contributed by atoms with Crippen molar-refractivity contribution in [3.8, 4) is 0 Å². The lowest BCUT2D eigenvalue weighted by molar-refractivity contribution is -0.00183. The maximum Gasteiger partial charge on any atom is 0.0815 e. The lowest BCUT2D eigenvalue weighted by Crippen LogP contribution is -2.51. The third-order valence-electron chi connectivity index (χ3n) is 3.52. The highest BCUT2D eigenvalue weighted by molar-refractivity contribution is 5.00. The zero-order valence-corrected chi connectivity index (χ0v) is 8.13. The Hall–Kier alpha value is -0.120. The van der Waals surface area contributed by atoms with Crippen LogP contribution in [0.5, 0.6) is 0 Å². The molecule has 1 aliphatic carbocycles. The molecule has 3 heteroatoms.